The van der Waals surface area contributed by atoms with E-state index in [-0.39, 0.29) is 11.6 Å². The predicted octanol–water partition coefficient (Wildman–Crippen LogP) is 1.63. The molecular formula is C11H13N3O4S. The molecule has 0 aliphatic carbocycles. The van der Waals surface area contributed by atoms with Crippen LogP contribution in [0.4, 0.5) is 11.5 Å². The molecule has 1 saturated heterocycles. The van der Waals surface area contributed by atoms with Gasteiger partial charge in [-0.3, -0.25) is 0 Å². The molecule has 0 bridgehead atoms. The number of anilines is 1. The third-order valence-electron chi connectivity index (χ3n) is 2.96. The van der Waals surface area contributed by atoms with Crippen LogP contribution in [0.2, 0.25) is 0 Å². The molecule has 7 nitrogen and oxygen atoms in total. The van der Waals surface area contributed by atoms with Gasteiger partial charge in [0.05, 0.1) is 17.3 Å². The van der Waals surface area contributed by atoms with Gasteiger partial charge in [0, 0.05) is 24.1 Å². The van der Waals surface area contributed by atoms with Crippen molar-refractivity contribution < 1.29 is 14.8 Å². The number of carboxylic acids is 1. The van der Waals surface area contributed by atoms with Gasteiger partial charge in [0.2, 0.25) is 0 Å². The molecule has 0 spiro atoms. The number of carboxylic acid groups (broad SMARTS) is 1. The van der Waals surface area contributed by atoms with Crippen molar-refractivity contribution in [3.05, 3.63) is 27.9 Å². The second-order valence-electron chi connectivity index (χ2n) is 4.24. The van der Waals surface area contributed by atoms with Gasteiger partial charge in [0.25, 0.3) is 0 Å². The van der Waals surface area contributed by atoms with Gasteiger partial charge in [0.1, 0.15) is 0 Å². The molecule has 1 aliphatic heterocycles. The van der Waals surface area contributed by atoms with Gasteiger partial charge < -0.3 is 20.1 Å². The van der Waals surface area contributed by atoms with Crippen molar-refractivity contribution in [2.75, 3.05) is 23.0 Å². The van der Waals surface area contributed by atoms with Gasteiger partial charge in [-0.2, -0.15) is 11.8 Å². The fraction of sp³-hybridized carbons (Fsp3) is 0.455. The van der Waals surface area contributed by atoms with E-state index in [9.17, 15) is 20.0 Å². The van der Waals surface area contributed by atoms with Crippen LogP contribution < -0.4 is 4.90 Å². The minimum absolute atomic E-state index is 0.0690. The molecule has 1 aromatic heterocycles. The molecule has 8 heteroatoms. The minimum Gasteiger partial charge on any atom is -0.478 e. The first-order chi connectivity index (χ1) is 9.00. The summed E-state index contributed by atoms with van der Waals surface area (Å²) >= 11 is 1.81. The van der Waals surface area contributed by atoms with Crippen LogP contribution >= 0.6 is 11.8 Å². The van der Waals surface area contributed by atoms with E-state index in [0.717, 1.165) is 17.6 Å². The smallest absolute Gasteiger partial charge is 0.364 e. The van der Waals surface area contributed by atoms with E-state index in [4.69, 9.17) is 0 Å². The lowest BCUT2D eigenvalue weighted by Gasteiger charge is -2.34. The molecular weight excluding hydrogens is 270 g/mol. The van der Waals surface area contributed by atoms with Gasteiger partial charge in [0.15, 0.2) is 6.20 Å². The van der Waals surface area contributed by atoms with Crippen molar-refractivity contribution in [3.63, 3.8) is 0 Å². The fourth-order valence-electron chi connectivity index (χ4n) is 2.02. The minimum atomic E-state index is -1.18. The number of aromatic nitrogens is 1. The standard InChI is InChI=1S/C11H13N3O4S/c1-7-6-19-3-2-13(7)9-5-12-10(14(17)18)4-8(9)11(15)16/h4-5,7H,2-3,6H2,1H3,(H,15,16). The van der Waals surface area contributed by atoms with Gasteiger partial charge in [-0.1, -0.05) is 0 Å². The van der Waals surface area contributed by atoms with Gasteiger partial charge >= 0.3 is 11.8 Å². The Hall–Kier alpha value is -1.83. The van der Waals surface area contributed by atoms with Crippen LogP contribution in [0.15, 0.2) is 12.3 Å². The number of rotatable bonds is 3. The summed E-state index contributed by atoms with van der Waals surface area (Å²) in [5.74, 6) is 0.183. The molecule has 1 N–H and O–H groups in total. The van der Waals surface area contributed by atoms with Gasteiger partial charge in [-0.15, -0.1) is 0 Å². The Morgan fingerprint density at radius 1 is 1.68 bits per heavy atom. The lowest BCUT2D eigenvalue weighted by atomic mass is 10.1. The summed E-state index contributed by atoms with van der Waals surface area (Å²) in [6.07, 6.45) is 1.29. The SMILES string of the molecule is CC1CSCCN1c1cnc([N+](=O)[O-])cc1C(=O)O. The zero-order valence-electron chi connectivity index (χ0n) is 10.3. The number of aromatic carboxylic acids is 1. The Bertz CT molecular complexity index is 523. The summed E-state index contributed by atoms with van der Waals surface area (Å²) in [7, 11) is 0. The van der Waals surface area contributed by atoms with Gasteiger partial charge in [-0.25, -0.2) is 4.79 Å². The number of hydrogen-bond acceptors (Lipinski definition) is 6. The lowest BCUT2D eigenvalue weighted by Crippen LogP contribution is -2.41. The van der Waals surface area contributed by atoms with Crippen LogP contribution in [0.5, 0.6) is 0 Å². The van der Waals surface area contributed by atoms with Crippen molar-refractivity contribution in [3.8, 4) is 0 Å². The first kappa shape index (κ1) is 13.6. The normalized spacial score (nSPS) is 19.2. The molecule has 0 radical (unpaired) electrons. The maximum atomic E-state index is 11.3. The summed E-state index contributed by atoms with van der Waals surface area (Å²) in [5.41, 5.74) is 0.381. The zero-order chi connectivity index (χ0) is 14.0. The summed E-state index contributed by atoms with van der Waals surface area (Å²) in [6, 6.07) is 1.20. The van der Waals surface area contributed by atoms with Crippen LogP contribution in [0.25, 0.3) is 0 Å². The molecule has 1 aliphatic rings. The van der Waals surface area contributed by atoms with E-state index in [1.54, 1.807) is 11.8 Å². The monoisotopic (exact) mass is 283 g/mol. The Kier molecular flexibility index (Phi) is 3.89. The molecule has 2 rings (SSSR count). The van der Waals surface area contributed by atoms with Crippen molar-refractivity contribution >= 4 is 29.2 Å². The highest BCUT2D eigenvalue weighted by Gasteiger charge is 2.26. The fourth-order valence-corrected chi connectivity index (χ4v) is 3.04. The number of thioether (sulfide) groups is 1. The van der Waals surface area contributed by atoms with Crippen LogP contribution in [0, 0.1) is 10.1 Å². The van der Waals surface area contributed by atoms with Crippen LogP contribution in [-0.4, -0.2) is 45.1 Å². The number of nitro groups is 1. The van der Waals surface area contributed by atoms with Gasteiger partial charge in [-0.05, 0) is 16.8 Å². The van der Waals surface area contributed by atoms with Crippen LogP contribution in [0.3, 0.4) is 0 Å². The quantitative estimate of drug-likeness (QED) is 0.665. The van der Waals surface area contributed by atoms with E-state index >= 15 is 0 Å². The van der Waals surface area contributed by atoms with Crippen LogP contribution in [0.1, 0.15) is 17.3 Å². The highest BCUT2D eigenvalue weighted by molar-refractivity contribution is 7.99. The number of pyridine rings is 1. The molecule has 0 aromatic carbocycles. The summed E-state index contributed by atoms with van der Waals surface area (Å²) in [4.78, 5) is 26.9. The number of nitrogens with zero attached hydrogens (tertiary/aromatic N) is 3. The predicted molar refractivity (Wildman–Crippen MR) is 72.0 cm³/mol. The van der Waals surface area contributed by atoms with E-state index in [1.807, 2.05) is 11.8 Å². The second kappa shape index (κ2) is 5.43. The summed E-state index contributed by atoms with van der Waals surface area (Å²) in [6.45, 7) is 2.71. The molecule has 1 aromatic rings. The highest BCUT2D eigenvalue weighted by Crippen LogP contribution is 2.28. The van der Waals surface area contributed by atoms with Crippen molar-refractivity contribution in [1.29, 1.82) is 0 Å². The average Bonchev–Trinajstić information content (AvgIpc) is 2.38. The highest BCUT2D eigenvalue weighted by atomic mass is 32.2. The van der Waals surface area contributed by atoms with Crippen molar-refractivity contribution in [1.82, 2.24) is 4.98 Å². The Balaban J connectivity index is 2.44. The molecule has 19 heavy (non-hydrogen) atoms. The van der Waals surface area contributed by atoms with E-state index < -0.39 is 16.7 Å². The molecule has 1 fully saturated rings. The molecule has 1 atom stereocenters. The largest absolute Gasteiger partial charge is 0.478 e. The number of carbonyl (C=O) groups is 1. The van der Waals surface area contributed by atoms with E-state index in [2.05, 4.69) is 4.98 Å². The molecule has 0 amide bonds. The second-order valence-corrected chi connectivity index (χ2v) is 5.39. The maximum absolute atomic E-state index is 11.3. The Labute approximate surface area is 113 Å². The maximum Gasteiger partial charge on any atom is 0.364 e. The third-order valence-corrected chi connectivity index (χ3v) is 4.15. The summed E-state index contributed by atoms with van der Waals surface area (Å²) in [5, 5.41) is 19.9. The third kappa shape index (κ3) is 2.78. The van der Waals surface area contributed by atoms with E-state index in [0.29, 0.717) is 12.2 Å². The van der Waals surface area contributed by atoms with Crippen molar-refractivity contribution in [2.45, 2.75) is 13.0 Å². The Morgan fingerprint density at radius 3 is 3.00 bits per heavy atom. The average molecular weight is 283 g/mol. The van der Waals surface area contributed by atoms with Crippen LogP contribution in [-0.2, 0) is 0 Å². The molecule has 1 unspecified atom stereocenters. The first-order valence-electron chi connectivity index (χ1n) is 5.73. The Morgan fingerprint density at radius 2 is 2.42 bits per heavy atom. The molecule has 0 saturated carbocycles. The summed E-state index contributed by atoms with van der Waals surface area (Å²) < 4.78 is 0. The molecule has 2 heterocycles. The topological polar surface area (TPSA) is 96.6 Å². The van der Waals surface area contributed by atoms with Crippen molar-refractivity contribution in [2.24, 2.45) is 0 Å². The lowest BCUT2D eigenvalue weighted by molar-refractivity contribution is -0.389. The van der Waals surface area contributed by atoms with E-state index in [1.165, 1.54) is 6.20 Å². The zero-order valence-corrected chi connectivity index (χ0v) is 11.1. The molecule has 102 valence electrons. The number of hydrogen-bond donors (Lipinski definition) is 1. The first-order valence-corrected chi connectivity index (χ1v) is 6.88.